The van der Waals surface area contributed by atoms with E-state index in [0.29, 0.717) is 85.4 Å². The Morgan fingerprint density at radius 1 is 0.384 bits per heavy atom. The first-order chi connectivity index (χ1) is 66.1. The number of hydrogen-bond donors (Lipinski definition) is 4. The van der Waals surface area contributed by atoms with E-state index in [1.54, 1.807) is 134 Å². The van der Waals surface area contributed by atoms with Crippen molar-refractivity contribution in [2.24, 2.45) is 45.9 Å². The summed E-state index contributed by atoms with van der Waals surface area (Å²) >= 11 is 25.6. The fourth-order valence-electron chi connectivity index (χ4n) is 16.2. The van der Waals surface area contributed by atoms with Crippen molar-refractivity contribution in [2.45, 2.75) is 104 Å². The number of hydrogen-bond acceptors (Lipinski definition) is 29. The van der Waals surface area contributed by atoms with E-state index >= 15 is 0 Å². The van der Waals surface area contributed by atoms with Crippen molar-refractivity contribution in [3.05, 3.63) is 183 Å². The minimum atomic E-state index is -0.314. The number of pyridine rings is 4. The molecule has 3 amide bonds. The van der Waals surface area contributed by atoms with Crippen LogP contribution < -0.4 is 82.1 Å². The van der Waals surface area contributed by atoms with Crippen LogP contribution in [0.2, 0.25) is 20.1 Å². The summed E-state index contributed by atoms with van der Waals surface area (Å²) in [6.07, 6.45) is 18.1. The summed E-state index contributed by atoms with van der Waals surface area (Å²) < 4.78 is 33.5. The molecule has 0 saturated carbocycles. The third kappa shape index (κ3) is 25.6. The number of Topliss-reactive ketones (excluding diaryl/α,β-unsaturated/α-hetero) is 1. The van der Waals surface area contributed by atoms with Gasteiger partial charge in [0.05, 0.1) is 53.0 Å². The monoisotopic (exact) mass is 1970 g/mol. The number of aromatic nitrogens is 12. The van der Waals surface area contributed by atoms with Gasteiger partial charge in [-0.2, -0.15) is 19.9 Å². The molecular weight excluding hydrogens is 1850 g/mol. The fraction of sp³-hybridized carbons (Fsp3) is 0.429. The predicted molar refractivity (Wildman–Crippen MR) is 545 cm³/mol. The van der Waals surface area contributed by atoms with Crippen LogP contribution in [0, 0.1) is 17.8 Å². The Bertz CT molecular complexity index is 6480. The third-order valence-electron chi connectivity index (χ3n) is 25.1. The first-order valence-corrected chi connectivity index (χ1v) is 47.6. The summed E-state index contributed by atoms with van der Waals surface area (Å²) in [4.78, 5) is 147. The highest BCUT2D eigenvalue weighted by molar-refractivity contribution is 6.34. The Balaban J connectivity index is 0.000000155. The molecule has 4 N–H and O–H groups in total. The highest BCUT2D eigenvalue weighted by Gasteiger charge is 2.28. The van der Waals surface area contributed by atoms with Crippen LogP contribution in [-0.4, -0.2) is 231 Å². The van der Waals surface area contributed by atoms with E-state index in [2.05, 4.69) is 96.5 Å². The number of methoxy groups -OCH3 is 1. The number of fused-ring (bicyclic) bond motifs is 4. The normalized spacial score (nSPS) is 14.7. The van der Waals surface area contributed by atoms with Crippen molar-refractivity contribution in [2.75, 3.05) is 169 Å². The average molecular weight is 1970 g/mol. The molecule has 12 heterocycles. The number of halogens is 4. The van der Waals surface area contributed by atoms with E-state index in [0.717, 1.165) is 176 Å². The Morgan fingerprint density at radius 3 is 0.964 bits per heavy atom. The summed E-state index contributed by atoms with van der Waals surface area (Å²) in [6.45, 7) is 14.9. The predicted octanol–water partition coefficient (Wildman–Crippen LogP) is 14.8. The highest BCUT2D eigenvalue weighted by Crippen LogP contribution is 2.36. The summed E-state index contributed by atoms with van der Waals surface area (Å²) in [5.74, 6) is 6.51. The van der Waals surface area contributed by atoms with Crippen LogP contribution in [0.4, 0.5) is 69.8 Å². The van der Waals surface area contributed by atoms with Gasteiger partial charge in [-0.15, -0.1) is 0 Å². The molecule has 138 heavy (non-hydrogen) atoms. The lowest BCUT2D eigenvalue weighted by molar-refractivity contribution is -0.131. The number of rotatable bonds is 28. The van der Waals surface area contributed by atoms with Crippen molar-refractivity contribution < 1.29 is 42.9 Å². The van der Waals surface area contributed by atoms with Crippen molar-refractivity contribution in [3.8, 4) is 23.0 Å². The zero-order valence-electron chi connectivity index (χ0n) is 80.4. The third-order valence-corrected chi connectivity index (χ3v) is 26.2. The van der Waals surface area contributed by atoms with Gasteiger partial charge in [0.25, 0.3) is 40.0 Å². The van der Waals surface area contributed by atoms with Gasteiger partial charge < -0.3 is 97.5 Å². The molecular formula is C98H119Cl4N23O13. The molecule has 36 nitrogen and oxygen atoms in total. The highest BCUT2D eigenvalue weighted by atomic mass is 35.5. The second-order valence-electron chi connectivity index (χ2n) is 35.3. The lowest BCUT2D eigenvalue weighted by Gasteiger charge is -2.32. The molecule has 0 spiro atoms. The van der Waals surface area contributed by atoms with Gasteiger partial charge in [0.1, 0.15) is 26.7 Å². The zero-order valence-corrected chi connectivity index (χ0v) is 83.5. The number of carbonyl (C=O) groups is 4. The second-order valence-corrected chi connectivity index (χ2v) is 36.9. The molecule has 0 radical (unpaired) electrons. The molecule has 12 aromatic rings. The minimum Gasteiger partial charge on any atom is -0.480 e. The van der Waals surface area contributed by atoms with Crippen LogP contribution in [0.3, 0.4) is 0 Å². The maximum Gasteiger partial charge on any atom is 0.293 e. The number of aryl methyl sites for hydroxylation is 4. The molecule has 4 aliphatic rings. The van der Waals surface area contributed by atoms with Crippen LogP contribution in [-0.2, 0) is 52.1 Å². The molecule has 4 aromatic carbocycles. The van der Waals surface area contributed by atoms with Gasteiger partial charge in [-0.1, -0.05) is 86.9 Å². The van der Waals surface area contributed by atoms with Crippen molar-refractivity contribution >= 4 is 183 Å². The number of nitrogens with zero attached hydrogens (tertiary/aromatic N) is 19. The van der Waals surface area contributed by atoms with Gasteiger partial charge in [-0.05, 0) is 166 Å². The number of benzene rings is 4. The van der Waals surface area contributed by atoms with Crippen LogP contribution >= 0.6 is 46.4 Å². The molecule has 16 rings (SSSR count). The molecule has 4 fully saturated rings. The molecule has 40 heteroatoms. The molecule has 0 aliphatic carbocycles. The van der Waals surface area contributed by atoms with Gasteiger partial charge in [-0.3, -0.25) is 38.4 Å². The molecule has 732 valence electrons. The van der Waals surface area contributed by atoms with Gasteiger partial charge >= 0.3 is 0 Å². The van der Waals surface area contributed by atoms with E-state index in [-0.39, 0.29) is 101 Å². The quantitative estimate of drug-likeness (QED) is 0.0354. The van der Waals surface area contributed by atoms with Crippen LogP contribution in [0.25, 0.3) is 43.6 Å². The summed E-state index contributed by atoms with van der Waals surface area (Å²) in [7, 11) is 18.2. The molecule has 8 aromatic heterocycles. The lowest BCUT2D eigenvalue weighted by Crippen LogP contribution is -2.37. The van der Waals surface area contributed by atoms with Gasteiger partial charge in [0, 0.05) is 181 Å². The maximum absolute atomic E-state index is 12.7. The minimum absolute atomic E-state index is 0.0641. The van der Waals surface area contributed by atoms with Crippen molar-refractivity contribution in [1.82, 2.24) is 72.8 Å². The summed E-state index contributed by atoms with van der Waals surface area (Å²) in [5, 5.41) is 17.9. The largest absolute Gasteiger partial charge is 0.480 e. The summed E-state index contributed by atoms with van der Waals surface area (Å²) in [5.41, 5.74) is 4.73. The van der Waals surface area contributed by atoms with E-state index in [9.17, 15) is 38.4 Å². The van der Waals surface area contributed by atoms with Crippen LogP contribution in [0.1, 0.15) is 98.3 Å². The SMILES string of the molecule is CC1CCN(c2ncc(Cl)c(Nc3ccc4c(c3)cc(OCC(=O)N(C)C)c(=O)n4C)n2)CC1.CCC(=O)COc1cc2cc(Nc3nc(N4CCCC(CC)C4)ncc3Cl)ccc2n(C)c1=O.CCC1CCN(c2ncc(Cl)c(Nc3ccc4c(c3)cc(OCC(=O)N(C)C)c(=O)n4C)n2)CC1.COC1CCN(c2ncc(Cl)c(Nc3ccc4c(c3)cc(OCC(=O)N(C)C)c(=O)n4C)n2)CC1. The smallest absolute Gasteiger partial charge is 0.293 e. The number of amides is 3. The standard InChI is InChI=1S/C25H31ClN6O3.C25H30ClN5O3.C24H29ClN6O4.C24H29ClN6O3/c1-5-16-8-10-32(11-9-16)25-27-14-19(26)23(29-25)28-18-6-7-20-17(12-18)13-21(24(34)31(20)4)35-15-22(33)30(2)3;1-4-16-7-6-10-31(14-16)25-27-13-20(26)23(29-25)28-18-8-9-21-17(11-18)12-22(24(33)30(21)3)34-15-19(32)5-2;1-29(2)21(32)14-35-20-12-15-11-16(5-6-19(15)30(3)23(20)33)27-22-18(25)13-26-24(28-22)31-9-7-17(34-4)8-10-31;1-15-7-9-31(10-8-15)24-26-13-18(25)22(28-24)27-17-5-6-19-16(11-17)12-20(23(33)30(19)4)34-14-21(32)29(2)3/h6-7,12-14,16H,5,8-11,15H2,1-4H3,(H,27,28,29);8-9,11-13,16H,4-7,10,14-15H2,1-3H3,(H,27,28,29);5-6,11-13,17H,7-10,14H2,1-4H3,(H,26,27,28);5-6,11-13,15H,7-10,14H2,1-4H3,(H,26,27,28). The van der Waals surface area contributed by atoms with Crippen molar-refractivity contribution in [1.29, 1.82) is 0 Å². The lowest BCUT2D eigenvalue weighted by atomic mass is 9.95. The van der Waals surface area contributed by atoms with Gasteiger partial charge in [0.2, 0.25) is 23.8 Å². The van der Waals surface area contributed by atoms with Gasteiger partial charge in [-0.25, -0.2) is 19.9 Å². The first-order valence-electron chi connectivity index (χ1n) is 46.0. The van der Waals surface area contributed by atoms with Crippen LogP contribution in [0.5, 0.6) is 23.0 Å². The van der Waals surface area contributed by atoms with E-state index in [4.69, 9.17) is 75.1 Å². The number of likely N-dealkylation sites (N-methyl/N-ethyl adjacent to an activating group) is 3. The topological polar surface area (TPSA) is 376 Å². The van der Waals surface area contributed by atoms with E-state index < -0.39 is 0 Å². The molecule has 1 unspecified atom stereocenters. The molecule has 1 atom stereocenters. The number of carbonyl (C=O) groups excluding carboxylic acids is 4. The first kappa shape index (κ1) is 102. The van der Waals surface area contributed by atoms with Gasteiger partial charge in [0.15, 0.2) is 71.9 Å². The second kappa shape index (κ2) is 46.8. The molecule has 0 bridgehead atoms. The Kier molecular flexibility index (Phi) is 34.7. The molecule has 4 aliphatic heterocycles. The number of ketones is 1. The fourth-order valence-corrected chi connectivity index (χ4v) is 16.7. The number of anilines is 12. The Morgan fingerprint density at radius 2 is 0.674 bits per heavy atom. The number of ether oxygens (including phenoxy) is 5. The number of nitrogens with one attached hydrogen (secondary N) is 4. The summed E-state index contributed by atoms with van der Waals surface area (Å²) in [6, 6.07) is 29.0. The Labute approximate surface area is 819 Å². The molecule has 4 saturated heterocycles. The Hall–Kier alpha value is -13.2. The van der Waals surface area contributed by atoms with E-state index in [1.165, 1.54) is 45.8 Å². The maximum atomic E-state index is 12.7. The van der Waals surface area contributed by atoms with Crippen molar-refractivity contribution in [3.63, 3.8) is 0 Å². The zero-order chi connectivity index (χ0) is 98.9. The van der Waals surface area contributed by atoms with Crippen LogP contribution in [0.15, 0.2) is 141 Å². The number of piperidine rings is 4. The van der Waals surface area contributed by atoms with E-state index in [1.807, 2.05) is 72.8 Å². The average Bonchev–Trinajstić information content (AvgIpc) is 0.797.